The molecule has 0 radical (unpaired) electrons. The van der Waals surface area contributed by atoms with Crippen LogP contribution in [-0.2, 0) is 4.74 Å². The smallest absolute Gasteiger partial charge is 0.404 e. The summed E-state index contributed by atoms with van der Waals surface area (Å²) in [6.07, 6.45) is 0.629. The van der Waals surface area contributed by atoms with Crippen LogP contribution in [0.4, 0.5) is 4.79 Å². The molecule has 3 nitrogen and oxygen atoms in total. The van der Waals surface area contributed by atoms with E-state index in [-0.39, 0.29) is 6.10 Å². The predicted octanol–water partition coefficient (Wildman–Crippen LogP) is 1.27. The summed E-state index contributed by atoms with van der Waals surface area (Å²) in [4.78, 5) is 10.2. The highest BCUT2D eigenvalue weighted by Crippen LogP contribution is 1.99. The van der Waals surface area contributed by atoms with Gasteiger partial charge in [0.2, 0.25) is 0 Å². The summed E-state index contributed by atoms with van der Waals surface area (Å²) in [6, 6.07) is 0. The maximum atomic E-state index is 10.2. The third-order valence-corrected chi connectivity index (χ3v) is 1.17. The SMILES string of the molecule is CC#CCCC(C)OC(N)=O. The molecule has 0 aliphatic carbocycles. The molecule has 1 amide bonds. The van der Waals surface area contributed by atoms with Gasteiger partial charge in [-0.25, -0.2) is 4.79 Å². The third-order valence-electron chi connectivity index (χ3n) is 1.17. The molecular weight excluding hydrogens is 142 g/mol. The van der Waals surface area contributed by atoms with Gasteiger partial charge in [-0.2, -0.15) is 0 Å². The van der Waals surface area contributed by atoms with E-state index < -0.39 is 6.09 Å². The molecule has 0 aromatic carbocycles. The second-order valence-electron chi connectivity index (χ2n) is 2.21. The van der Waals surface area contributed by atoms with Crippen molar-refractivity contribution in [3.63, 3.8) is 0 Å². The lowest BCUT2D eigenvalue weighted by Gasteiger charge is -2.08. The molecule has 1 unspecified atom stereocenters. The monoisotopic (exact) mass is 155 g/mol. The van der Waals surface area contributed by atoms with Crippen LogP contribution in [0.3, 0.4) is 0 Å². The van der Waals surface area contributed by atoms with Crippen molar-refractivity contribution in [1.29, 1.82) is 0 Å². The average Bonchev–Trinajstić information content (AvgIpc) is 1.86. The summed E-state index contributed by atoms with van der Waals surface area (Å²) in [5.74, 6) is 5.62. The predicted molar refractivity (Wildman–Crippen MR) is 42.8 cm³/mol. The average molecular weight is 155 g/mol. The Morgan fingerprint density at radius 1 is 1.73 bits per heavy atom. The van der Waals surface area contributed by atoms with Gasteiger partial charge in [0, 0.05) is 6.42 Å². The van der Waals surface area contributed by atoms with Gasteiger partial charge in [-0.05, 0) is 20.3 Å². The molecule has 0 aliphatic heterocycles. The molecular formula is C8H13NO2. The van der Waals surface area contributed by atoms with Gasteiger partial charge in [-0.15, -0.1) is 11.8 Å². The van der Waals surface area contributed by atoms with Gasteiger partial charge in [-0.3, -0.25) is 0 Å². The normalized spacial score (nSPS) is 11.1. The summed E-state index contributed by atoms with van der Waals surface area (Å²) in [7, 11) is 0. The van der Waals surface area contributed by atoms with Crippen molar-refractivity contribution in [2.45, 2.75) is 32.8 Å². The van der Waals surface area contributed by atoms with E-state index in [1.165, 1.54) is 0 Å². The molecule has 0 aliphatic rings. The standard InChI is InChI=1S/C8H13NO2/c1-3-4-5-6-7(2)11-8(9)10/h7H,5-6H2,1-2H3,(H2,9,10). The largest absolute Gasteiger partial charge is 0.447 e. The number of hydrogen-bond acceptors (Lipinski definition) is 2. The Kier molecular flexibility index (Phi) is 5.01. The van der Waals surface area contributed by atoms with Crippen molar-refractivity contribution >= 4 is 6.09 Å². The van der Waals surface area contributed by atoms with Gasteiger partial charge in [0.15, 0.2) is 0 Å². The van der Waals surface area contributed by atoms with Crippen LogP contribution in [0.2, 0.25) is 0 Å². The zero-order chi connectivity index (χ0) is 8.69. The zero-order valence-electron chi connectivity index (χ0n) is 6.89. The van der Waals surface area contributed by atoms with Gasteiger partial charge in [0.1, 0.15) is 6.10 Å². The van der Waals surface area contributed by atoms with E-state index in [0.717, 1.165) is 12.8 Å². The van der Waals surface area contributed by atoms with Crippen LogP contribution in [-0.4, -0.2) is 12.2 Å². The summed E-state index contributed by atoms with van der Waals surface area (Å²) in [5, 5.41) is 0. The van der Waals surface area contributed by atoms with Crippen LogP contribution in [0.25, 0.3) is 0 Å². The van der Waals surface area contributed by atoms with Crippen LogP contribution in [0, 0.1) is 11.8 Å². The van der Waals surface area contributed by atoms with Crippen LogP contribution in [0.15, 0.2) is 0 Å². The Balaban J connectivity index is 3.41. The number of carbonyl (C=O) groups is 1. The molecule has 0 rings (SSSR count). The van der Waals surface area contributed by atoms with Crippen molar-refractivity contribution in [2.75, 3.05) is 0 Å². The Morgan fingerprint density at radius 2 is 2.36 bits per heavy atom. The number of primary amides is 1. The number of ether oxygens (including phenoxy) is 1. The van der Waals surface area contributed by atoms with Crippen LogP contribution >= 0.6 is 0 Å². The summed E-state index contributed by atoms with van der Waals surface area (Å²) in [6.45, 7) is 3.57. The van der Waals surface area contributed by atoms with E-state index in [9.17, 15) is 4.79 Å². The fourth-order valence-corrected chi connectivity index (χ4v) is 0.658. The Morgan fingerprint density at radius 3 is 2.82 bits per heavy atom. The Hall–Kier alpha value is -1.17. The van der Waals surface area contributed by atoms with Crippen LogP contribution in [0.5, 0.6) is 0 Å². The molecule has 0 saturated heterocycles. The number of amides is 1. The van der Waals surface area contributed by atoms with Crippen molar-refractivity contribution in [1.82, 2.24) is 0 Å². The highest BCUT2D eigenvalue weighted by atomic mass is 16.6. The molecule has 2 N–H and O–H groups in total. The summed E-state index contributed by atoms with van der Waals surface area (Å²) >= 11 is 0. The van der Waals surface area contributed by atoms with Crippen molar-refractivity contribution in [3.05, 3.63) is 0 Å². The number of rotatable bonds is 3. The van der Waals surface area contributed by atoms with Crippen molar-refractivity contribution < 1.29 is 9.53 Å². The number of nitrogens with two attached hydrogens (primary N) is 1. The molecule has 0 aromatic rings. The molecule has 0 aromatic heterocycles. The second kappa shape index (κ2) is 5.60. The molecule has 0 saturated carbocycles. The molecule has 62 valence electrons. The minimum Gasteiger partial charge on any atom is -0.447 e. The van der Waals surface area contributed by atoms with E-state index in [1.807, 2.05) is 0 Å². The first kappa shape index (κ1) is 9.83. The first-order valence-corrected chi connectivity index (χ1v) is 3.52. The lowest BCUT2D eigenvalue weighted by molar-refractivity contribution is 0.112. The Bertz CT molecular complexity index is 178. The number of hydrogen-bond donors (Lipinski definition) is 1. The highest BCUT2D eigenvalue weighted by Gasteiger charge is 2.03. The minimum absolute atomic E-state index is 0.131. The quantitative estimate of drug-likeness (QED) is 0.624. The van der Waals surface area contributed by atoms with Gasteiger partial charge in [-0.1, -0.05) is 0 Å². The van der Waals surface area contributed by atoms with E-state index in [0.29, 0.717) is 0 Å². The molecule has 0 spiro atoms. The van der Waals surface area contributed by atoms with E-state index in [2.05, 4.69) is 16.6 Å². The first-order valence-electron chi connectivity index (χ1n) is 3.52. The molecule has 0 bridgehead atoms. The minimum atomic E-state index is -0.720. The van der Waals surface area contributed by atoms with Gasteiger partial charge >= 0.3 is 6.09 Å². The summed E-state index contributed by atoms with van der Waals surface area (Å²) in [5.41, 5.74) is 4.80. The van der Waals surface area contributed by atoms with Gasteiger partial charge in [0.05, 0.1) is 0 Å². The first-order chi connectivity index (χ1) is 5.16. The Labute approximate surface area is 66.9 Å². The maximum absolute atomic E-state index is 10.2. The molecule has 3 heteroatoms. The fourth-order valence-electron chi connectivity index (χ4n) is 0.658. The molecule has 0 fully saturated rings. The maximum Gasteiger partial charge on any atom is 0.404 e. The zero-order valence-corrected chi connectivity index (χ0v) is 6.89. The third kappa shape index (κ3) is 6.72. The molecule has 11 heavy (non-hydrogen) atoms. The summed E-state index contributed by atoms with van der Waals surface area (Å²) < 4.78 is 4.67. The molecule has 1 atom stereocenters. The topological polar surface area (TPSA) is 52.3 Å². The van der Waals surface area contributed by atoms with Crippen molar-refractivity contribution in [3.8, 4) is 11.8 Å². The number of carbonyl (C=O) groups excluding carboxylic acids is 1. The van der Waals surface area contributed by atoms with Gasteiger partial charge in [0.25, 0.3) is 0 Å². The van der Waals surface area contributed by atoms with Crippen LogP contribution in [0.1, 0.15) is 26.7 Å². The van der Waals surface area contributed by atoms with E-state index >= 15 is 0 Å². The van der Waals surface area contributed by atoms with E-state index in [1.54, 1.807) is 13.8 Å². The second-order valence-corrected chi connectivity index (χ2v) is 2.21. The van der Waals surface area contributed by atoms with Crippen molar-refractivity contribution in [2.24, 2.45) is 5.73 Å². The molecule has 0 heterocycles. The lowest BCUT2D eigenvalue weighted by atomic mass is 10.2. The fraction of sp³-hybridized carbons (Fsp3) is 0.625. The van der Waals surface area contributed by atoms with Gasteiger partial charge < -0.3 is 10.5 Å². The highest BCUT2D eigenvalue weighted by molar-refractivity contribution is 5.64. The lowest BCUT2D eigenvalue weighted by Crippen LogP contribution is -2.19. The van der Waals surface area contributed by atoms with E-state index in [4.69, 9.17) is 5.73 Å². The van der Waals surface area contributed by atoms with Crippen LogP contribution < -0.4 is 5.73 Å².